The summed E-state index contributed by atoms with van der Waals surface area (Å²) >= 11 is 1.71. The maximum atomic E-state index is 12.5. The molecule has 1 aromatic carbocycles. The van der Waals surface area contributed by atoms with Gasteiger partial charge in [-0.25, -0.2) is 4.98 Å². The summed E-state index contributed by atoms with van der Waals surface area (Å²) in [5.74, 6) is 5.44. The third-order valence-corrected chi connectivity index (χ3v) is 7.08. The molecule has 0 saturated heterocycles. The third kappa shape index (κ3) is 4.31. The molecular weight excluding hydrogens is 384 g/mol. The lowest BCUT2D eigenvalue weighted by molar-refractivity contribution is 0.615. The fraction of sp³-hybridized carbons (Fsp3) is 0.304. The number of aromatic nitrogens is 2. The Morgan fingerprint density at radius 3 is 2.61 bits per heavy atom. The molecule has 0 saturated carbocycles. The van der Waals surface area contributed by atoms with Crippen LogP contribution in [-0.4, -0.2) is 25.9 Å². The van der Waals surface area contributed by atoms with Crippen molar-refractivity contribution in [3.63, 3.8) is 0 Å². The highest BCUT2D eigenvalue weighted by molar-refractivity contribution is 7.99. The first-order valence-corrected chi connectivity index (χ1v) is 12.3. The number of aryl methyl sites for hydroxylation is 1. The summed E-state index contributed by atoms with van der Waals surface area (Å²) in [5, 5.41) is 1.12. The third-order valence-electron chi connectivity index (χ3n) is 4.57. The van der Waals surface area contributed by atoms with Crippen LogP contribution in [0.1, 0.15) is 37.9 Å². The molecule has 1 atom stereocenters. The number of nitrogens with zero attached hydrogens (tertiary/aromatic N) is 2. The van der Waals surface area contributed by atoms with Crippen LogP contribution < -0.4 is 0 Å². The van der Waals surface area contributed by atoms with E-state index in [0.717, 1.165) is 49.4 Å². The molecule has 5 heteroatoms. The molecule has 28 heavy (non-hydrogen) atoms. The molecule has 0 N–H and O–H groups in total. The fourth-order valence-electron chi connectivity index (χ4n) is 3.16. The molecule has 0 radical (unpaired) electrons. The van der Waals surface area contributed by atoms with Gasteiger partial charge in [0.05, 0.1) is 5.69 Å². The van der Waals surface area contributed by atoms with Crippen LogP contribution >= 0.6 is 11.3 Å². The first-order chi connectivity index (χ1) is 13.1. The lowest BCUT2D eigenvalue weighted by Crippen LogP contribution is -2.03. The molecule has 0 bridgehead atoms. The summed E-state index contributed by atoms with van der Waals surface area (Å²) < 4.78 is 14.7. The molecule has 2 heterocycles. The molecule has 0 fully saturated rings. The smallest absolute Gasteiger partial charge is 0.114 e. The zero-order valence-electron chi connectivity index (χ0n) is 17.3. The quantitative estimate of drug-likeness (QED) is 0.476. The minimum absolute atomic E-state index is 0.521. The highest BCUT2D eigenvalue weighted by Gasteiger charge is 2.15. The monoisotopic (exact) mass is 412 g/mol. The van der Waals surface area contributed by atoms with Gasteiger partial charge in [-0.15, -0.1) is 11.3 Å². The summed E-state index contributed by atoms with van der Waals surface area (Å²) in [6.45, 7) is 12.4. The number of hydrogen-bond acceptors (Lipinski definition) is 3. The van der Waals surface area contributed by atoms with E-state index in [1.807, 2.05) is 26.0 Å². The Bertz CT molecular complexity index is 1130. The van der Waals surface area contributed by atoms with E-state index < -0.39 is 9.52 Å². The maximum absolute atomic E-state index is 12.5. The molecule has 0 aliphatic carbocycles. The van der Waals surface area contributed by atoms with Crippen molar-refractivity contribution in [2.24, 2.45) is 5.92 Å². The van der Waals surface area contributed by atoms with Gasteiger partial charge in [-0.2, -0.15) is 0 Å². The maximum Gasteiger partial charge on any atom is 0.114 e. The number of allylic oxidation sites excluding steroid dienone is 1. The zero-order valence-corrected chi connectivity index (χ0v) is 18.9. The Hall–Kier alpha value is -2.11. The van der Waals surface area contributed by atoms with Crippen molar-refractivity contribution >= 4 is 32.3 Å². The minimum Gasteiger partial charge on any atom is -0.294 e. The summed E-state index contributed by atoms with van der Waals surface area (Å²) in [6, 6.07) is 10.4. The second-order valence-electron chi connectivity index (χ2n) is 7.91. The van der Waals surface area contributed by atoms with E-state index in [1.54, 1.807) is 17.6 Å². The van der Waals surface area contributed by atoms with Gasteiger partial charge < -0.3 is 0 Å². The Balaban J connectivity index is 2.05. The number of benzene rings is 1. The predicted octanol–water partition coefficient (Wildman–Crippen LogP) is 5.85. The largest absolute Gasteiger partial charge is 0.294 e. The second kappa shape index (κ2) is 7.72. The Morgan fingerprint density at radius 2 is 2.00 bits per heavy atom. The van der Waals surface area contributed by atoms with Crippen molar-refractivity contribution in [1.29, 1.82) is 0 Å². The van der Waals surface area contributed by atoms with E-state index in [-0.39, 0.29) is 0 Å². The molecule has 2 aromatic heterocycles. The van der Waals surface area contributed by atoms with Gasteiger partial charge in [0.2, 0.25) is 0 Å². The van der Waals surface area contributed by atoms with Gasteiger partial charge in [-0.05, 0) is 70.1 Å². The molecule has 0 aliphatic rings. The first-order valence-electron chi connectivity index (χ1n) is 9.34. The lowest BCUT2D eigenvalue weighted by atomic mass is 10.1. The van der Waals surface area contributed by atoms with Gasteiger partial charge in [-0.3, -0.25) is 8.78 Å². The van der Waals surface area contributed by atoms with Crippen molar-refractivity contribution in [2.45, 2.75) is 39.0 Å². The Morgan fingerprint density at radius 1 is 1.29 bits per heavy atom. The van der Waals surface area contributed by atoms with Crippen LogP contribution in [-0.2, 0) is 15.9 Å². The zero-order chi connectivity index (χ0) is 20.6. The molecule has 1 unspecified atom stereocenters. The minimum atomic E-state index is -2.26. The van der Waals surface area contributed by atoms with Crippen LogP contribution in [0.25, 0.3) is 21.0 Å². The topological polar surface area (TPSA) is 34.9 Å². The van der Waals surface area contributed by atoms with E-state index >= 15 is 0 Å². The molecule has 0 aliphatic heterocycles. The van der Waals surface area contributed by atoms with Crippen molar-refractivity contribution in [2.75, 3.05) is 6.26 Å². The highest BCUT2D eigenvalue weighted by atomic mass is 32.2. The van der Waals surface area contributed by atoms with Crippen molar-refractivity contribution in [3.05, 3.63) is 60.2 Å². The molecule has 3 nitrogen and oxygen atoms in total. The summed E-state index contributed by atoms with van der Waals surface area (Å²) in [5.41, 5.74) is 3.99. The van der Waals surface area contributed by atoms with Crippen LogP contribution in [0, 0.1) is 12.8 Å². The summed E-state index contributed by atoms with van der Waals surface area (Å²) in [4.78, 5) is 6.76. The first kappa shape index (κ1) is 20.6. The number of imidazole rings is 1. The van der Waals surface area contributed by atoms with Crippen LogP contribution in [0.4, 0.5) is 0 Å². The molecule has 3 rings (SSSR count). The van der Waals surface area contributed by atoms with Gasteiger partial charge in [0.1, 0.15) is 10.8 Å². The van der Waals surface area contributed by atoms with Gasteiger partial charge in [0.25, 0.3) is 0 Å². The van der Waals surface area contributed by atoms with E-state index in [1.165, 1.54) is 0 Å². The van der Waals surface area contributed by atoms with Gasteiger partial charge >= 0.3 is 0 Å². The SMILES string of the molecule is C=C(C)c1cn(-c2ccc(-c3ccc(C)c(S(=C)(C)=O)c3)s2)c(CC(C)C)n1. The molecule has 3 aromatic rings. The van der Waals surface area contributed by atoms with Crippen molar-refractivity contribution in [1.82, 2.24) is 9.55 Å². The van der Waals surface area contributed by atoms with E-state index in [9.17, 15) is 4.21 Å². The molecule has 0 spiro atoms. The van der Waals surface area contributed by atoms with Crippen molar-refractivity contribution < 1.29 is 4.21 Å². The van der Waals surface area contributed by atoms with Gasteiger partial charge in [0, 0.05) is 28.6 Å². The standard InChI is InChI=1S/C23H28N2OS2/c1-15(2)12-22-24-19(16(3)4)14-25(22)23-11-10-20(27-23)18-9-8-17(5)21(13-18)28(6,7)26/h8-11,13-15H,3,6,12H2,1-2,4-5,7H3. The van der Waals surface area contributed by atoms with Crippen LogP contribution in [0.5, 0.6) is 0 Å². The van der Waals surface area contributed by atoms with E-state index in [0.29, 0.717) is 5.92 Å². The van der Waals surface area contributed by atoms with Gasteiger partial charge in [-0.1, -0.05) is 32.6 Å². The normalized spacial score (nSPS) is 13.6. The Kier molecular flexibility index (Phi) is 5.69. The summed E-state index contributed by atoms with van der Waals surface area (Å²) in [6.07, 6.45) is 4.68. The number of thiophene rings is 1. The second-order valence-corrected chi connectivity index (χ2v) is 11.4. The lowest BCUT2D eigenvalue weighted by Gasteiger charge is -2.09. The predicted molar refractivity (Wildman–Crippen MR) is 124 cm³/mol. The fourth-order valence-corrected chi connectivity index (χ4v) is 5.28. The average Bonchev–Trinajstić information content (AvgIpc) is 3.20. The molecule has 148 valence electrons. The highest BCUT2D eigenvalue weighted by Crippen LogP contribution is 2.33. The van der Waals surface area contributed by atoms with Crippen LogP contribution in [0.15, 0.2) is 48.0 Å². The Labute approximate surface area is 172 Å². The van der Waals surface area contributed by atoms with E-state index in [2.05, 4.69) is 55.3 Å². The molecular formula is C23H28N2OS2. The van der Waals surface area contributed by atoms with Gasteiger partial charge in [0.15, 0.2) is 0 Å². The molecule has 0 amide bonds. The van der Waals surface area contributed by atoms with Crippen LogP contribution in [0.2, 0.25) is 0 Å². The number of hydrogen-bond donors (Lipinski definition) is 0. The summed E-state index contributed by atoms with van der Waals surface area (Å²) in [7, 11) is -2.26. The average molecular weight is 413 g/mol. The van der Waals surface area contributed by atoms with Crippen molar-refractivity contribution in [3.8, 4) is 15.4 Å². The van der Waals surface area contributed by atoms with Crippen LogP contribution in [0.3, 0.4) is 0 Å². The van der Waals surface area contributed by atoms with E-state index in [4.69, 9.17) is 4.98 Å². The number of rotatable bonds is 6.